The van der Waals surface area contributed by atoms with Crippen molar-refractivity contribution in [3.63, 3.8) is 0 Å². The molecule has 0 aromatic carbocycles. The summed E-state index contributed by atoms with van der Waals surface area (Å²) in [6.07, 6.45) is 5.44. The zero-order valence-corrected chi connectivity index (χ0v) is 11.7. The number of carbonyl (C=O) groups is 1. The van der Waals surface area contributed by atoms with Gasteiger partial charge in [-0.1, -0.05) is 6.42 Å². The Labute approximate surface area is 105 Å². The van der Waals surface area contributed by atoms with Crippen LogP contribution in [0.3, 0.4) is 0 Å². The lowest BCUT2D eigenvalue weighted by atomic mass is 9.85. The minimum absolute atomic E-state index is 0. The Bertz CT molecular complexity index is 186. The van der Waals surface area contributed by atoms with Crippen molar-refractivity contribution in [2.24, 2.45) is 5.92 Å². The van der Waals surface area contributed by atoms with Crippen molar-refractivity contribution in [3.05, 3.63) is 0 Å². The molecule has 0 saturated heterocycles. The summed E-state index contributed by atoms with van der Waals surface area (Å²) in [4.78, 5) is 11.5. The largest absolute Gasteiger partial charge is 1.00 e. The normalized spacial score (nSPS) is 23.1. The number of halogens is 1. The maximum Gasteiger partial charge on any atom is 0.136 e. The number of hydrogen-bond acceptors (Lipinski definition) is 1. The predicted octanol–water partition coefficient (Wildman–Crippen LogP) is -1.15. The van der Waals surface area contributed by atoms with Crippen LogP contribution in [0.1, 0.15) is 32.1 Å². The second kappa shape index (κ2) is 6.05. The first kappa shape index (κ1) is 14.4. The van der Waals surface area contributed by atoms with Gasteiger partial charge in [-0.3, -0.25) is 4.79 Å². The number of Topliss-reactive ketones (excluding diaryl/α,β-unsaturated/α-hetero) is 1. The molecule has 0 radical (unpaired) electrons. The zero-order chi connectivity index (χ0) is 9.90. The summed E-state index contributed by atoms with van der Waals surface area (Å²) in [5.74, 6) is 0.894. The lowest BCUT2D eigenvalue weighted by molar-refractivity contribution is -0.870. The third-order valence-corrected chi connectivity index (χ3v) is 2.83. The number of rotatable bonds is 3. The van der Waals surface area contributed by atoms with Gasteiger partial charge in [0.15, 0.2) is 0 Å². The molecule has 2 nitrogen and oxygen atoms in total. The van der Waals surface area contributed by atoms with Crippen LogP contribution in [-0.2, 0) is 4.79 Å². The maximum absolute atomic E-state index is 11.5. The monoisotopic (exact) mass is 311 g/mol. The molecule has 1 aliphatic rings. The van der Waals surface area contributed by atoms with Crippen molar-refractivity contribution < 1.29 is 33.3 Å². The average Bonchev–Trinajstić information content (AvgIpc) is 2.01. The number of carbonyl (C=O) groups excluding carboxylic acids is 1. The third-order valence-electron chi connectivity index (χ3n) is 2.83. The van der Waals surface area contributed by atoms with Gasteiger partial charge in [-0.15, -0.1) is 0 Å². The molecule has 0 spiro atoms. The van der Waals surface area contributed by atoms with Gasteiger partial charge in [0.05, 0.1) is 27.7 Å². The van der Waals surface area contributed by atoms with Crippen molar-refractivity contribution in [2.45, 2.75) is 32.1 Å². The van der Waals surface area contributed by atoms with Crippen LogP contribution in [0.25, 0.3) is 0 Å². The minimum atomic E-state index is 0. The van der Waals surface area contributed by atoms with E-state index in [1.165, 1.54) is 6.42 Å². The molecule has 0 aromatic heterocycles. The van der Waals surface area contributed by atoms with E-state index in [2.05, 4.69) is 21.1 Å². The Morgan fingerprint density at radius 2 is 1.93 bits per heavy atom. The standard InChI is InChI=1S/C11H22NO.HI/c1-12(2,3)9-8-10-6-4-5-7-11(10)13;/h10H,4-9H2,1-3H3;1H/q+1;/p-1. The first-order chi connectivity index (χ1) is 5.99. The molecule has 1 saturated carbocycles. The van der Waals surface area contributed by atoms with E-state index >= 15 is 0 Å². The molecule has 0 aromatic rings. The first-order valence-electron chi connectivity index (χ1n) is 5.32. The second-order valence-corrected chi connectivity index (χ2v) is 5.21. The van der Waals surface area contributed by atoms with Gasteiger partial charge in [0.2, 0.25) is 0 Å². The number of hydrogen-bond donors (Lipinski definition) is 0. The molecule has 1 fully saturated rings. The van der Waals surface area contributed by atoms with Crippen LogP contribution < -0.4 is 24.0 Å². The molecule has 84 valence electrons. The minimum Gasteiger partial charge on any atom is -1.00 e. The van der Waals surface area contributed by atoms with Gasteiger partial charge in [0.25, 0.3) is 0 Å². The fourth-order valence-corrected chi connectivity index (χ4v) is 1.90. The maximum atomic E-state index is 11.5. The van der Waals surface area contributed by atoms with Crippen molar-refractivity contribution in [1.29, 1.82) is 0 Å². The van der Waals surface area contributed by atoms with Crippen LogP contribution >= 0.6 is 0 Å². The lowest BCUT2D eigenvalue weighted by Crippen LogP contribution is -3.00. The van der Waals surface area contributed by atoms with Crippen LogP contribution in [-0.4, -0.2) is 38.0 Å². The molecule has 14 heavy (non-hydrogen) atoms. The topological polar surface area (TPSA) is 17.1 Å². The zero-order valence-electron chi connectivity index (χ0n) is 9.55. The molecular formula is C11H22INO. The summed E-state index contributed by atoms with van der Waals surface area (Å²) in [7, 11) is 6.56. The Balaban J connectivity index is 0.00000169. The van der Waals surface area contributed by atoms with Crippen LogP contribution in [0.4, 0.5) is 0 Å². The van der Waals surface area contributed by atoms with Gasteiger partial charge in [-0.05, 0) is 12.8 Å². The second-order valence-electron chi connectivity index (χ2n) is 5.21. The Kier molecular flexibility index (Phi) is 6.21. The summed E-state index contributed by atoms with van der Waals surface area (Å²) in [6, 6.07) is 0. The highest BCUT2D eigenvalue weighted by Gasteiger charge is 2.23. The molecule has 1 aliphatic carbocycles. The van der Waals surface area contributed by atoms with Crippen molar-refractivity contribution in [2.75, 3.05) is 27.7 Å². The summed E-state index contributed by atoms with van der Waals surface area (Å²) in [5, 5.41) is 0. The van der Waals surface area contributed by atoms with Crippen LogP contribution in [0, 0.1) is 5.92 Å². The van der Waals surface area contributed by atoms with E-state index in [4.69, 9.17) is 0 Å². The van der Waals surface area contributed by atoms with Gasteiger partial charge in [0, 0.05) is 18.8 Å². The fourth-order valence-electron chi connectivity index (χ4n) is 1.90. The molecule has 1 atom stereocenters. The molecule has 3 heteroatoms. The summed E-state index contributed by atoms with van der Waals surface area (Å²) in [6.45, 7) is 1.12. The van der Waals surface area contributed by atoms with Crippen molar-refractivity contribution in [3.8, 4) is 0 Å². The molecular weight excluding hydrogens is 289 g/mol. The highest BCUT2D eigenvalue weighted by atomic mass is 127. The fraction of sp³-hybridized carbons (Fsp3) is 0.909. The van der Waals surface area contributed by atoms with E-state index < -0.39 is 0 Å². The Morgan fingerprint density at radius 3 is 2.43 bits per heavy atom. The van der Waals surface area contributed by atoms with E-state index in [9.17, 15) is 4.79 Å². The number of nitrogens with zero attached hydrogens (tertiary/aromatic N) is 1. The van der Waals surface area contributed by atoms with Crippen LogP contribution in [0.2, 0.25) is 0 Å². The number of quaternary nitrogens is 1. The SMILES string of the molecule is C[N+](C)(C)CCC1CCCCC1=O.[I-]. The van der Waals surface area contributed by atoms with Gasteiger partial charge >= 0.3 is 0 Å². The Hall–Kier alpha value is 0.360. The van der Waals surface area contributed by atoms with Crippen molar-refractivity contribution in [1.82, 2.24) is 0 Å². The van der Waals surface area contributed by atoms with E-state index in [1.807, 2.05) is 0 Å². The molecule has 1 unspecified atom stereocenters. The van der Waals surface area contributed by atoms with Crippen molar-refractivity contribution >= 4 is 5.78 Å². The first-order valence-corrected chi connectivity index (χ1v) is 5.32. The van der Waals surface area contributed by atoms with Gasteiger partial charge in [-0.2, -0.15) is 0 Å². The average molecular weight is 311 g/mol. The lowest BCUT2D eigenvalue weighted by Gasteiger charge is -2.27. The summed E-state index contributed by atoms with van der Waals surface area (Å²) in [5.41, 5.74) is 0. The number of ketones is 1. The highest BCUT2D eigenvalue weighted by molar-refractivity contribution is 5.81. The van der Waals surface area contributed by atoms with Gasteiger partial charge < -0.3 is 28.5 Å². The molecule has 0 heterocycles. The van der Waals surface area contributed by atoms with E-state index in [1.54, 1.807) is 0 Å². The smallest absolute Gasteiger partial charge is 0.136 e. The quantitative estimate of drug-likeness (QED) is 0.475. The van der Waals surface area contributed by atoms with E-state index in [0.29, 0.717) is 11.7 Å². The molecule has 0 amide bonds. The molecule has 0 aliphatic heterocycles. The molecule has 0 bridgehead atoms. The van der Waals surface area contributed by atoms with Gasteiger partial charge in [0.1, 0.15) is 5.78 Å². The predicted molar refractivity (Wildman–Crippen MR) is 54.5 cm³/mol. The van der Waals surface area contributed by atoms with E-state index in [-0.39, 0.29) is 24.0 Å². The molecule has 0 N–H and O–H groups in total. The van der Waals surface area contributed by atoms with Gasteiger partial charge in [-0.25, -0.2) is 0 Å². The van der Waals surface area contributed by atoms with E-state index in [0.717, 1.165) is 36.7 Å². The highest BCUT2D eigenvalue weighted by Crippen LogP contribution is 2.23. The summed E-state index contributed by atoms with van der Waals surface area (Å²) < 4.78 is 0.976. The van der Waals surface area contributed by atoms with Crippen LogP contribution in [0.15, 0.2) is 0 Å². The third kappa shape index (κ3) is 5.29. The molecule has 1 rings (SSSR count). The summed E-state index contributed by atoms with van der Waals surface area (Å²) >= 11 is 0. The van der Waals surface area contributed by atoms with Crippen LogP contribution in [0.5, 0.6) is 0 Å². The Morgan fingerprint density at radius 1 is 1.29 bits per heavy atom.